The van der Waals surface area contributed by atoms with E-state index in [0.717, 1.165) is 4.31 Å². The Balaban J connectivity index is 1.54. The molecule has 6 nitrogen and oxygen atoms in total. The number of piperazine rings is 1. The Morgan fingerprint density at radius 3 is 2.14 bits per heavy atom. The summed E-state index contributed by atoms with van der Waals surface area (Å²) in [4.78, 5) is 16.5. The molecule has 0 aliphatic carbocycles. The van der Waals surface area contributed by atoms with Gasteiger partial charge in [0, 0.05) is 48.3 Å². The minimum absolute atomic E-state index is 0.0334. The first kappa shape index (κ1) is 26.3. The Morgan fingerprint density at radius 2 is 1.50 bits per heavy atom. The fourth-order valence-corrected chi connectivity index (χ4v) is 5.70. The molecule has 0 N–H and O–H groups in total. The lowest BCUT2D eigenvalue weighted by Crippen LogP contribution is -2.52. The third kappa shape index (κ3) is 5.81. The van der Waals surface area contributed by atoms with E-state index in [2.05, 4.69) is 0 Å². The monoisotopic (exact) mass is 553 g/mol. The average Bonchev–Trinajstić information content (AvgIpc) is 2.86. The molecule has 1 saturated heterocycles. The molecule has 0 aromatic heterocycles. The maximum absolute atomic E-state index is 14.5. The zero-order valence-corrected chi connectivity index (χ0v) is 21.4. The van der Waals surface area contributed by atoms with Gasteiger partial charge in [-0.15, -0.1) is 0 Å². The van der Waals surface area contributed by atoms with Crippen molar-refractivity contribution in [1.82, 2.24) is 9.21 Å². The van der Waals surface area contributed by atoms with E-state index in [-0.39, 0.29) is 34.4 Å². The van der Waals surface area contributed by atoms with E-state index in [1.807, 2.05) is 4.90 Å². The lowest BCUT2D eigenvalue weighted by molar-refractivity contribution is -0.131. The van der Waals surface area contributed by atoms with E-state index in [1.165, 1.54) is 53.4 Å². The van der Waals surface area contributed by atoms with Gasteiger partial charge in [0.1, 0.15) is 11.6 Å². The van der Waals surface area contributed by atoms with Gasteiger partial charge in [-0.25, -0.2) is 17.2 Å². The standard InChI is InChI=1S/C25H23Cl2F2N3O3S/c26-18-8-10-19(11-9-18)36(34,35)32(16-20-21(27)4-3-6-22(20)28)17-25(33)31-14-12-30(13-15-31)24-7-2-1-5-23(24)29/h1-11H,12-17H2. The Kier molecular flexibility index (Phi) is 8.14. The van der Waals surface area contributed by atoms with Gasteiger partial charge in [0.15, 0.2) is 0 Å². The minimum Gasteiger partial charge on any atom is -0.366 e. The Labute approximate surface area is 218 Å². The Bertz CT molecular complexity index is 1330. The van der Waals surface area contributed by atoms with E-state index in [4.69, 9.17) is 23.2 Å². The van der Waals surface area contributed by atoms with Crippen LogP contribution in [-0.2, 0) is 21.4 Å². The number of halogens is 4. The largest absolute Gasteiger partial charge is 0.366 e. The van der Waals surface area contributed by atoms with E-state index < -0.39 is 34.8 Å². The highest BCUT2D eigenvalue weighted by Gasteiger charge is 2.31. The van der Waals surface area contributed by atoms with Crippen molar-refractivity contribution in [2.75, 3.05) is 37.6 Å². The summed E-state index contributed by atoms with van der Waals surface area (Å²) in [5.41, 5.74) is 0.416. The molecule has 1 aliphatic heterocycles. The van der Waals surface area contributed by atoms with Crippen LogP contribution in [0.2, 0.25) is 10.0 Å². The van der Waals surface area contributed by atoms with Crippen molar-refractivity contribution in [3.05, 3.63) is 94.0 Å². The number of carbonyl (C=O) groups excluding carboxylic acids is 1. The average molecular weight is 554 g/mol. The number of sulfonamides is 1. The second-order valence-electron chi connectivity index (χ2n) is 8.25. The van der Waals surface area contributed by atoms with Crippen LogP contribution in [0, 0.1) is 11.6 Å². The Morgan fingerprint density at radius 1 is 0.861 bits per heavy atom. The van der Waals surface area contributed by atoms with Gasteiger partial charge >= 0.3 is 0 Å². The van der Waals surface area contributed by atoms with Crippen LogP contribution in [0.5, 0.6) is 0 Å². The summed E-state index contributed by atoms with van der Waals surface area (Å²) in [7, 11) is -4.20. The van der Waals surface area contributed by atoms with Crippen molar-refractivity contribution in [1.29, 1.82) is 0 Å². The quantitative estimate of drug-likeness (QED) is 0.421. The summed E-state index contributed by atoms with van der Waals surface area (Å²) < 4.78 is 56.5. The molecule has 0 unspecified atom stereocenters. The van der Waals surface area contributed by atoms with Crippen molar-refractivity contribution >= 4 is 44.8 Å². The number of benzene rings is 3. The van der Waals surface area contributed by atoms with Gasteiger partial charge in [0.2, 0.25) is 15.9 Å². The van der Waals surface area contributed by atoms with Gasteiger partial charge in [0.25, 0.3) is 0 Å². The third-order valence-corrected chi connectivity index (χ3v) is 8.40. The maximum atomic E-state index is 14.5. The number of carbonyl (C=O) groups is 1. The van der Waals surface area contributed by atoms with Crippen LogP contribution in [0.3, 0.4) is 0 Å². The van der Waals surface area contributed by atoms with Gasteiger partial charge in [-0.05, 0) is 48.5 Å². The fourth-order valence-electron chi connectivity index (χ4n) is 4.00. The van der Waals surface area contributed by atoms with Crippen LogP contribution in [0.1, 0.15) is 5.56 Å². The highest BCUT2D eigenvalue weighted by molar-refractivity contribution is 7.89. The van der Waals surface area contributed by atoms with E-state index in [0.29, 0.717) is 23.8 Å². The van der Waals surface area contributed by atoms with Gasteiger partial charge in [-0.2, -0.15) is 4.31 Å². The molecule has 0 radical (unpaired) electrons. The second kappa shape index (κ2) is 11.1. The molecule has 0 spiro atoms. The van der Waals surface area contributed by atoms with Crippen LogP contribution in [0.4, 0.5) is 14.5 Å². The predicted molar refractivity (Wildman–Crippen MR) is 136 cm³/mol. The van der Waals surface area contributed by atoms with Crippen molar-refractivity contribution in [2.45, 2.75) is 11.4 Å². The number of para-hydroxylation sites is 1. The smallest absolute Gasteiger partial charge is 0.243 e. The molecule has 1 heterocycles. The van der Waals surface area contributed by atoms with E-state index in [1.54, 1.807) is 18.2 Å². The predicted octanol–water partition coefficient (Wildman–Crippen LogP) is 4.81. The fraction of sp³-hybridized carbons (Fsp3) is 0.240. The summed E-state index contributed by atoms with van der Waals surface area (Å²) >= 11 is 12.1. The second-order valence-corrected chi connectivity index (χ2v) is 11.0. The third-order valence-electron chi connectivity index (χ3n) is 5.98. The highest BCUT2D eigenvalue weighted by atomic mass is 35.5. The van der Waals surface area contributed by atoms with Crippen molar-refractivity contribution < 1.29 is 22.0 Å². The topological polar surface area (TPSA) is 60.9 Å². The molecule has 4 rings (SSSR count). The highest BCUT2D eigenvalue weighted by Crippen LogP contribution is 2.26. The molecule has 0 atom stereocenters. The molecule has 11 heteroatoms. The summed E-state index contributed by atoms with van der Waals surface area (Å²) in [6.07, 6.45) is 0. The number of rotatable bonds is 7. The number of anilines is 1. The van der Waals surface area contributed by atoms with Gasteiger partial charge < -0.3 is 9.80 Å². The molecule has 1 amide bonds. The first-order valence-electron chi connectivity index (χ1n) is 11.1. The van der Waals surface area contributed by atoms with Crippen molar-refractivity contribution in [3.63, 3.8) is 0 Å². The molecular formula is C25H23Cl2F2N3O3S. The first-order chi connectivity index (χ1) is 17.2. The summed E-state index contributed by atoms with van der Waals surface area (Å²) in [5.74, 6) is -1.47. The van der Waals surface area contributed by atoms with Crippen LogP contribution in [0.15, 0.2) is 71.6 Å². The molecule has 3 aromatic carbocycles. The molecule has 1 aliphatic rings. The van der Waals surface area contributed by atoms with E-state index >= 15 is 0 Å². The number of nitrogens with zero attached hydrogens (tertiary/aromatic N) is 3. The number of amides is 1. The molecule has 0 bridgehead atoms. The number of hydrogen-bond acceptors (Lipinski definition) is 4. The summed E-state index contributed by atoms with van der Waals surface area (Å²) in [6.45, 7) is 0.378. The lowest BCUT2D eigenvalue weighted by Gasteiger charge is -2.37. The zero-order valence-electron chi connectivity index (χ0n) is 19.1. The van der Waals surface area contributed by atoms with Crippen molar-refractivity contribution in [2.24, 2.45) is 0 Å². The van der Waals surface area contributed by atoms with Crippen LogP contribution in [-0.4, -0.2) is 56.3 Å². The van der Waals surface area contributed by atoms with Gasteiger partial charge in [0.05, 0.1) is 17.1 Å². The van der Waals surface area contributed by atoms with Gasteiger partial charge in [-0.3, -0.25) is 4.79 Å². The maximum Gasteiger partial charge on any atom is 0.243 e. The SMILES string of the molecule is O=C(CN(Cc1c(F)cccc1Cl)S(=O)(=O)c1ccc(Cl)cc1)N1CCN(c2ccccc2F)CC1. The molecule has 190 valence electrons. The first-order valence-corrected chi connectivity index (χ1v) is 13.3. The summed E-state index contributed by atoms with van der Waals surface area (Å²) in [5, 5.41) is 0.402. The lowest BCUT2D eigenvalue weighted by atomic mass is 10.2. The molecule has 1 fully saturated rings. The van der Waals surface area contributed by atoms with Crippen LogP contribution in [0.25, 0.3) is 0 Å². The minimum atomic E-state index is -4.20. The Hall–Kier alpha value is -2.72. The zero-order chi connectivity index (χ0) is 25.9. The summed E-state index contributed by atoms with van der Waals surface area (Å²) in [6, 6.07) is 15.9. The van der Waals surface area contributed by atoms with Crippen LogP contribution >= 0.6 is 23.2 Å². The van der Waals surface area contributed by atoms with Crippen LogP contribution < -0.4 is 4.90 Å². The molecule has 3 aromatic rings. The molecule has 0 saturated carbocycles. The molecule has 36 heavy (non-hydrogen) atoms. The van der Waals surface area contributed by atoms with E-state index in [9.17, 15) is 22.0 Å². The van der Waals surface area contributed by atoms with Crippen molar-refractivity contribution in [3.8, 4) is 0 Å². The van der Waals surface area contributed by atoms with Gasteiger partial charge in [-0.1, -0.05) is 41.4 Å². The number of hydrogen-bond donors (Lipinski definition) is 0. The molecular weight excluding hydrogens is 531 g/mol. The normalized spacial score (nSPS) is 14.4.